The Balaban J connectivity index is 0.975. The summed E-state index contributed by atoms with van der Waals surface area (Å²) in [6.45, 7) is 0. The summed E-state index contributed by atoms with van der Waals surface area (Å²) in [5, 5.41) is 24.0. The predicted octanol–water partition coefficient (Wildman–Crippen LogP) is 15.0. The molecule has 0 spiro atoms. The van der Waals surface area contributed by atoms with Crippen LogP contribution in [-0.4, -0.2) is 0 Å². The number of nitrogens with zero attached hydrogens (tertiary/aromatic N) is 4. The Morgan fingerprint density at radius 3 is 0.850 bits per heavy atom. The maximum absolute atomic E-state index is 10.5. The lowest BCUT2D eigenvalue weighted by Gasteiger charge is -2.25. The van der Waals surface area contributed by atoms with Crippen molar-refractivity contribution in [3.05, 3.63) is 240 Å². The standard InChI is InChI=1S/C56H38N4/c57-39-55-52-36-30-44(24-22-42-27-33-50(34-28-42)60(47-17-9-3-10-18-47)48-19-11-4-12-20-48)38-54(52)56(40-58)51-35-29-43(37-53(51)55)23-21-41-25-31-49(32-26-41)59(45-13-5-1-6-14-45)46-15-7-2-8-16-46/h1-38H. The Morgan fingerprint density at radius 1 is 0.283 bits per heavy atom. The third kappa shape index (κ3) is 7.65. The molecule has 0 atom stereocenters. The van der Waals surface area contributed by atoms with Gasteiger partial charge in [-0.1, -0.05) is 146 Å². The van der Waals surface area contributed by atoms with E-state index in [4.69, 9.17) is 0 Å². The van der Waals surface area contributed by atoms with Gasteiger partial charge in [-0.05, 0) is 107 Å². The summed E-state index contributed by atoms with van der Waals surface area (Å²) in [4.78, 5) is 4.48. The summed E-state index contributed by atoms with van der Waals surface area (Å²) in [5.41, 5.74) is 11.6. The first kappa shape index (κ1) is 37.2. The molecule has 0 unspecified atom stereocenters. The molecule has 9 aromatic rings. The molecule has 4 nitrogen and oxygen atoms in total. The van der Waals surface area contributed by atoms with E-state index in [2.05, 4.69) is 192 Å². The highest BCUT2D eigenvalue weighted by atomic mass is 15.1. The molecule has 60 heavy (non-hydrogen) atoms. The summed E-state index contributed by atoms with van der Waals surface area (Å²) in [7, 11) is 0. The molecule has 0 fully saturated rings. The van der Waals surface area contributed by atoms with Gasteiger partial charge in [0.15, 0.2) is 0 Å². The topological polar surface area (TPSA) is 54.1 Å². The first-order valence-electron chi connectivity index (χ1n) is 19.9. The molecule has 0 bridgehead atoms. The average Bonchev–Trinajstić information content (AvgIpc) is 3.31. The second-order valence-electron chi connectivity index (χ2n) is 14.4. The van der Waals surface area contributed by atoms with Gasteiger partial charge >= 0.3 is 0 Å². The molecular weight excluding hydrogens is 729 g/mol. The van der Waals surface area contributed by atoms with Crippen molar-refractivity contribution >= 4 is 80.0 Å². The van der Waals surface area contributed by atoms with Gasteiger partial charge < -0.3 is 9.80 Å². The molecule has 282 valence electrons. The van der Waals surface area contributed by atoms with Gasteiger partial charge in [-0.2, -0.15) is 10.5 Å². The van der Waals surface area contributed by atoms with Gasteiger partial charge in [0.05, 0.1) is 11.1 Å². The SMILES string of the molecule is N#Cc1c2ccc(C=Cc3ccc(N(c4ccccc4)c4ccccc4)cc3)cc2c(C#N)c2ccc(C=Cc3ccc(N(c4ccccc4)c4ccccc4)cc3)cc12. The molecular formula is C56H38N4. The Hall–Kier alpha value is -8.44. The van der Waals surface area contributed by atoms with E-state index in [1.165, 1.54) is 0 Å². The van der Waals surface area contributed by atoms with Crippen molar-refractivity contribution in [2.24, 2.45) is 0 Å². The summed E-state index contributed by atoms with van der Waals surface area (Å²) in [5.74, 6) is 0. The van der Waals surface area contributed by atoms with E-state index in [0.29, 0.717) is 11.1 Å². The number of anilines is 6. The largest absolute Gasteiger partial charge is 0.311 e. The van der Waals surface area contributed by atoms with Crippen molar-refractivity contribution < 1.29 is 0 Å². The number of fused-ring (bicyclic) bond motifs is 2. The Labute approximate surface area is 350 Å². The van der Waals surface area contributed by atoms with E-state index in [-0.39, 0.29) is 0 Å². The van der Waals surface area contributed by atoms with Crippen LogP contribution in [0.1, 0.15) is 33.4 Å². The van der Waals surface area contributed by atoms with E-state index in [9.17, 15) is 10.5 Å². The molecule has 0 heterocycles. The van der Waals surface area contributed by atoms with E-state index in [1.54, 1.807) is 0 Å². The highest BCUT2D eigenvalue weighted by molar-refractivity contribution is 6.10. The lowest BCUT2D eigenvalue weighted by molar-refractivity contribution is 1.28. The Bertz CT molecular complexity index is 2780. The van der Waals surface area contributed by atoms with Gasteiger partial charge in [0.25, 0.3) is 0 Å². The Morgan fingerprint density at radius 2 is 0.550 bits per heavy atom. The van der Waals surface area contributed by atoms with Gasteiger partial charge in [0, 0.05) is 55.7 Å². The van der Waals surface area contributed by atoms with Crippen LogP contribution in [-0.2, 0) is 0 Å². The number of nitriles is 2. The predicted molar refractivity (Wildman–Crippen MR) is 251 cm³/mol. The van der Waals surface area contributed by atoms with Crippen LogP contribution in [0, 0.1) is 22.7 Å². The molecule has 9 aromatic carbocycles. The van der Waals surface area contributed by atoms with Crippen LogP contribution in [0.2, 0.25) is 0 Å². The van der Waals surface area contributed by atoms with E-state index in [1.807, 2.05) is 60.7 Å². The Kier molecular flexibility index (Phi) is 10.5. The van der Waals surface area contributed by atoms with Gasteiger partial charge in [-0.15, -0.1) is 0 Å². The van der Waals surface area contributed by atoms with Crippen molar-refractivity contribution in [3.8, 4) is 12.1 Å². The summed E-state index contributed by atoms with van der Waals surface area (Å²) < 4.78 is 0. The number of hydrogen-bond donors (Lipinski definition) is 0. The molecule has 0 aliphatic carbocycles. The van der Waals surface area contributed by atoms with Crippen molar-refractivity contribution in [2.45, 2.75) is 0 Å². The minimum atomic E-state index is 0.563. The van der Waals surface area contributed by atoms with Gasteiger partial charge in [0.2, 0.25) is 0 Å². The fourth-order valence-corrected chi connectivity index (χ4v) is 7.77. The minimum Gasteiger partial charge on any atom is -0.311 e. The van der Waals surface area contributed by atoms with Crippen LogP contribution >= 0.6 is 0 Å². The maximum Gasteiger partial charge on any atom is 0.100 e. The van der Waals surface area contributed by atoms with Crippen LogP contribution in [0.15, 0.2) is 206 Å². The molecule has 0 aromatic heterocycles. The number of rotatable bonds is 10. The van der Waals surface area contributed by atoms with Crippen molar-refractivity contribution in [1.29, 1.82) is 10.5 Å². The molecule has 0 aliphatic heterocycles. The summed E-state index contributed by atoms with van der Waals surface area (Å²) >= 11 is 0. The van der Waals surface area contributed by atoms with Gasteiger partial charge in [-0.25, -0.2) is 0 Å². The zero-order chi connectivity index (χ0) is 40.7. The lowest BCUT2D eigenvalue weighted by Crippen LogP contribution is -2.09. The molecule has 0 radical (unpaired) electrons. The quantitative estimate of drug-likeness (QED) is 0.103. The van der Waals surface area contributed by atoms with Gasteiger partial charge in [0.1, 0.15) is 12.1 Å². The zero-order valence-corrected chi connectivity index (χ0v) is 32.7. The molecule has 0 N–H and O–H groups in total. The minimum absolute atomic E-state index is 0.563. The van der Waals surface area contributed by atoms with E-state index in [0.717, 1.165) is 77.9 Å². The first-order chi connectivity index (χ1) is 29.7. The molecule has 0 amide bonds. The van der Waals surface area contributed by atoms with Crippen molar-refractivity contribution in [1.82, 2.24) is 0 Å². The normalized spacial score (nSPS) is 11.2. The average molecular weight is 767 g/mol. The number of hydrogen-bond acceptors (Lipinski definition) is 4. The van der Waals surface area contributed by atoms with Crippen LogP contribution in [0.3, 0.4) is 0 Å². The van der Waals surface area contributed by atoms with E-state index >= 15 is 0 Å². The van der Waals surface area contributed by atoms with Crippen molar-refractivity contribution in [2.75, 3.05) is 9.80 Å². The highest BCUT2D eigenvalue weighted by Crippen LogP contribution is 2.37. The maximum atomic E-state index is 10.5. The number of benzene rings is 9. The lowest BCUT2D eigenvalue weighted by atomic mass is 9.90. The third-order valence-corrected chi connectivity index (χ3v) is 10.7. The molecule has 0 saturated carbocycles. The molecule has 4 heteroatoms. The highest BCUT2D eigenvalue weighted by Gasteiger charge is 2.16. The monoisotopic (exact) mass is 766 g/mol. The fourth-order valence-electron chi connectivity index (χ4n) is 7.77. The van der Waals surface area contributed by atoms with Crippen LogP contribution in [0.4, 0.5) is 34.1 Å². The second kappa shape index (κ2) is 17.0. The molecule has 0 saturated heterocycles. The fraction of sp³-hybridized carbons (Fsp3) is 0. The number of para-hydroxylation sites is 4. The van der Waals surface area contributed by atoms with Gasteiger partial charge in [-0.3, -0.25) is 0 Å². The first-order valence-corrected chi connectivity index (χ1v) is 19.9. The van der Waals surface area contributed by atoms with Crippen molar-refractivity contribution in [3.63, 3.8) is 0 Å². The van der Waals surface area contributed by atoms with E-state index < -0.39 is 0 Å². The molecule has 9 rings (SSSR count). The molecule has 0 aliphatic rings. The second-order valence-corrected chi connectivity index (χ2v) is 14.4. The zero-order valence-electron chi connectivity index (χ0n) is 32.7. The van der Waals surface area contributed by atoms with Crippen LogP contribution in [0.25, 0.3) is 45.8 Å². The smallest absolute Gasteiger partial charge is 0.100 e. The third-order valence-electron chi connectivity index (χ3n) is 10.7. The van der Waals surface area contributed by atoms with Crippen LogP contribution in [0.5, 0.6) is 0 Å². The summed E-state index contributed by atoms with van der Waals surface area (Å²) in [6.07, 6.45) is 8.26. The summed E-state index contributed by atoms with van der Waals surface area (Å²) in [6, 6.07) is 75.3. The van der Waals surface area contributed by atoms with Crippen LogP contribution < -0.4 is 9.80 Å².